The topological polar surface area (TPSA) is 126 Å². The number of hydrazine groups is 1. The van der Waals surface area contributed by atoms with Crippen LogP contribution in [0.4, 0.5) is 0 Å². The molecule has 12 heteroatoms. The van der Waals surface area contributed by atoms with Gasteiger partial charge in [-0.25, -0.2) is 18.8 Å². The fraction of sp³-hybridized carbons (Fsp3) is 0.412. The minimum atomic E-state index is -3.79. The van der Waals surface area contributed by atoms with Crippen molar-refractivity contribution in [3.05, 3.63) is 94.0 Å². The third-order valence-corrected chi connectivity index (χ3v) is 10.7. The number of benzene rings is 3. The number of carbonyl (C=O) groups excluding carboxylic acids is 1. The van der Waals surface area contributed by atoms with Gasteiger partial charge in [0.1, 0.15) is 5.75 Å². The summed E-state index contributed by atoms with van der Waals surface area (Å²) in [5.41, 5.74) is 5.27. The molecule has 0 radical (unpaired) electrons. The lowest BCUT2D eigenvalue weighted by molar-refractivity contribution is -0.130. The van der Waals surface area contributed by atoms with E-state index in [9.17, 15) is 13.2 Å². The molecule has 1 amide bonds. The van der Waals surface area contributed by atoms with Gasteiger partial charge in [0.05, 0.1) is 17.3 Å². The van der Waals surface area contributed by atoms with E-state index in [1.54, 1.807) is 60.7 Å². The van der Waals surface area contributed by atoms with Crippen molar-refractivity contribution in [1.82, 2.24) is 10.9 Å². The molecule has 3 aromatic carbocycles. The highest BCUT2D eigenvalue weighted by atomic mass is 35.5. The van der Waals surface area contributed by atoms with Crippen LogP contribution in [0, 0.1) is 5.92 Å². The van der Waals surface area contributed by atoms with Crippen LogP contribution in [0.1, 0.15) is 62.2 Å². The van der Waals surface area contributed by atoms with Gasteiger partial charge in [0.25, 0.3) is 5.91 Å². The summed E-state index contributed by atoms with van der Waals surface area (Å²) in [5.74, 6) is 0.297. The van der Waals surface area contributed by atoms with Crippen molar-refractivity contribution in [3.8, 4) is 5.75 Å². The Labute approximate surface area is 280 Å². The van der Waals surface area contributed by atoms with Gasteiger partial charge in [-0.2, -0.15) is 0 Å². The molecule has 2 atom stereocenters. The first kappa shape index (κ1) is 34.2. The third-order valence-electron chi connectivity index (χ3n) is 8.45. The Hall–Kier alpha value is -3.15. The van der Waals surface area contributed by atoms with Gasteiger partial charge < -0.3 is 14.6 Å². The van der Waals surface area contributed by atoms with Crippen molar-refractivity contribution >= 4 is 44.8 Å². The number of aliphatic hydroxyl groups excluding tert-OH is 1. The van der Waals surface area contributed by atoms with E-state index in [4.69, 9.17) is 42.8 Å². The van der Waals surface area contributed by atoms with Gasteiger partial charge in [0.15, 0.2) is 21.5 Å². The molecule has 0 spiro atoms. The standard InChI is InChI=1S/C34H39Cl2N3O6S/c35-26-14-17-29(30(36)22-26)31-34(18-21-46(42,43)28-10-5-2-6-11-28,33(41)39-37-23-24-8-3-1-4-9-24)38-32(45-31)25-12-15-27(16-13-25)44-20-7-19-40/h2,5-6,10-17,22,24,31,37,40H,1,3-4,7-9,18-21,23H2,(H,39,41)/t31-,34-/m0/s1. The molecule has 0 saturated heterocycles. The zero-order valence-electron chi connectivity index (χ0n) is 25.5. The summed E-state index contributed by atoms with van der Waals surface area (Å²) in [4.78, 5) is 19.4. The summed E-state index contributed by atoms with van der Waals surface area (Å²) >= 11 is 12.9. The van der Waals surface area contributed by atoms with Crippen LogP contribution in [0.5, 0.6) is 5.75 Å². The largest absolute Gasteiger partial charge is 0.494 e. The monoisotopic (exact) mass is 687 g/mol. The van der Waals surface area contributed by atoms with Crippen LogP contribution in [0.25, 0.3) is 0 Å². The minimum absolute atomic E-state index is 0.0248. The van der Waals surface area contributed by atoms with Crippen molar-refractivity contribution < 1.29 is 27.8 Å². The quantitative estimate of drug-likeness (QED) is 0.139. The average molecular weight is 689 g/mol. The Morgan fingerprint density at radius 1 is 1.02 bits per heavy atom. The number of aliphatic hydroxyl groups is 1. The summed E-state index contributed by atoms with van der Waals surface area (Å²) in [5, 5.41) is 9.72. The summed E-state index contributed by atoms with van der Waals surface area (Å²) in [7, 11) is -3.79. The maximum atomic E-state index is 14.3. The number of rotatable bonds is 14. The minimum Gasteiger partial charge on any atom is -0.494 e. The van der Waals surface area contributed by atoms with Gasteiger partial charge in [-0.15, -0.1) is 0 Å². The number of hydrogen-bond donors (Lipinski definition) is 3. The SMILES string of the molecule is O=C(NNCC1CCCCC1)[C@@]1(CCS(=O)(=O)c2ccccc2)N=C(c2ccc(OCCCO)cc2)O[C@H]1c1ccc(Cl)cc1Cl. The summed E-state index contributed by atoms with van der Waals surface area (Å²) in [6.07, 6.45) is 4.95. The van der Waals surface area contributed by atoms with Crippen LogP contribution < -0.4 is 15.6 Å². The number of amides is 1. The lowest BCUT2D eigenvalue weighted by Gasteiger charge is -2.31. The second-order valence-electron chi connectivity index (χ2n) is 11.7. The van der Waals surface area contributed by atoms with Crippen LogP contribution >= 0.6 is 23.2 Å². The molecule has 2 aliphatic rings. The van der Waals surface area contributed by atoms with Gasteiger partial charge in [0, 0.05) is 47.2 Å². The predicted molar refractivity (Wildman–Crippen MR) is 179 cm³/mol. The molecule has 0 aromatic heterocycles. The van der Waals surface area contributed by atoms with E-state index in [1.807, 2.05) is 0 Å². The fourth-order valence-electron chi connectivity index (χ4n) is 5.87. The van der Waals surface area contributed by atoms with Crippen molar-refractivity contribution in [3.63, 3.8) is 0 Å². The molecular weight excluding hydrogens is 649 g/mol. The number of nitrogens with one attached hydrogen (secondary N) is 2. The van der Waals surface area contributed by atoms with Crippen LogP contribution in [0.2, 0.25) is 10.0 Å². The molecule has 0 unspecified atom stereocenters. The summed E-state index contributed by atoms with van der Waals surface area (Å²) in [6.45, 7) is 0.972. The molecular formula is C34H39Cl2N3O6S. The van der Waals surface area contributed by atoms with E-state index in [2.05, 4.69) is 10.9 Å². The van der Waals surface area contributed by atoms with Crippen LogP contribution in [0.15, 0.2) is 82.7 Å². The van der Waals surface area contributed by atoms with Crippen molar-refractivity contribution in [2.24, 2.45) is 10.9 Å². The molecule has 1 aliphatic heterocycles. The molecule has 3 N–H and O–H groups in total. The number of halogens is 2. The Bertz CT molecular complexity index is 1620. The zero-order valence-corrected chi connectivity index (χ0v) is 27.8. The Kier molecular flexibility index (Phi) is 11.6. The highest BCUT2D eigenvalue weighted by Crippen LogP contribution is 2.45. The maximum Gasteiger partial charge on any atom is 0.266 e. The van der Waals surface area contributed by atoms with Gasteiger partial charge in [-0.05, 0) is 67.3 Å². The first-order valence-corrected chi connectivity index (χ1v) is 18.0. The molecule has 5 rings (SSSR count). The van der Waals surface area contributed by atoms with Crippen molar-refractivity contribution in [1.29, 1.82) is 0 Å². The normalized spacial score (nSPS) is 20.2. The van der Waals surface area contributed by atoms with Gasteiger partial charge in [-0.3, -0.25) is 10.2 Å². The Morgan fingerprint density at radius 3 is 2.46 bits per heavy atom. The zero-order chi connectivity index (χ0) is 32.6. The molecule has 1 fully saturated rings. The number of nitrogens with zero attached hydrogens (tertiary/aromatic N) is 1. The van der Waals surface area contributed by atoms with Crippen LogP contribution in [-0.2, 0) is 19.4 Å². The highest BCUT2D eigenvalue weighted by Gasteiger charge is 2.54. The summed E-state index contributed by atoms with van der Waals surface area (Å²) in [6, 6.07) is 20.0. The van der Waals surface area contributed by atoms with Crippen molar-refractivity contribution in [2.45, 2.75) is 61.5 Å². The van der Waals surface area contributed by atoms with Gasteiger partial charge >= 0.3 is 0 Å². The van der Waals surface area contributed by atoms with E-state index in [0.29, 0.717) is 47.4 Å². The van der Waals surface area contributed by atoms with Crippen LogP contribution in [0.3, 0.4) is 0 Å². The Morgan fingerprint density at radius 2 is 1.76 bits per heavy atom. The second kappa shape index (κ2) is 15.6. The highest BCUT2D eigenvalue weighted by molar-refractivity contribution is 7.91. The van der Waals surface area contributed by atoms with E-state index in [-0.39, 0.29) is 34.6 Å². The number of aliphatic imine (C=N–C) groups is 1. The lowest BCUT2D eigenvalue weighted by Crippen LogP contribution is -2.54. The number of hydrogen-bond acceptors (Lipinski definition) is 8. The smallest absolute Gasteiger partial charge is 0.266 e. The molecule has 246 valence electrons. The predicted octanol–water partition coefficient (Wildman–Crippen LogP) is 6.08. The van der Waals surface area contributed by atoms with E-state index >= 15 is 0 Å². The molecule has 0 bridgehead atoms. The molecule has 46 heavy (non-hydrogen) atoms. The maximum absolute atomic E-state index is 14.3. The molecule has 1 heterocycles. The summed E-state index contributed by atoms with van der Waals surface area (Å²) < 4.78 is 39.2. The van der Waals surface area contributed by atoms with E-state index in [0.717, 1.165) is 25.7 Å². The molecule has 1 aliphatic carbocycles. The van der Waals surface area contributed by atoms with Gasteiger partial charge in [-0.1, -0.05) is 66.7 Å². The molecule has 9 nitrogen and oxygen atoms in total. The molecule has 1 saturated carbocycles. The third kappa shape index (κ3) is 8.22. The van der Waals surface area contributed by atoms with E-state index in [1.165, 1.54) is 18.6 Å². The number of carbonyl (C=O) groups is 1. The fourth-order valence-corrected chi connectivity index (χ4v) is 7.77. The van der Waals surface area contributed by atoms with Crippen LogP contribution in [-0.4, -0.2) is 56.4 Å². The van der Waals surface area contributed by atoms with Gasteiger partial charge in [0.2, 0.25) is 5.90 Å². The lowest BCUT2D eigenvalue weighted by atomic mass is 9.85. The first-order valence-electron chi connectivity index (χ1n) is 15.6. The van der Waals surface area contributed by atoms with Crippen molar-refractivity contribution in [2.75, 3.05) is 25.5 Å². The van der Waals surface area contributed by atoms with E-state index < -0.39 is 27.4 Å². The second-order valence-corrected chi connectivity index (χ2v) is 14.6. The Balaban J connectivity index is 1.51. The first-order chi connectivity index (χ1) is 22.2. The average Bonchev–Trinajstić information content (AvgIpc) is 3.46. The number of ether oxygens (including phenoxy) is 2. The number of sulfone groups is 1. The molecule has 3 aromatic rings.